The molecule has 0 spiro atoms. The molecule has 1 fully saturated rings. The number of carbonyl (C=O) groups is 1. The van der Waals surface area contributed by atoms with E-state index in [2.05, 4.69) is 4.98 Å². The lowest BCUT2D eigenvalue weighted by Gasteiger charge is -2.31. The van der Waals surface area contributed by atoms with Crippen LogP contribution in [0.3, 0.4) is 0 Å². The third-order valence-corrected chi connectivity index (χ3v) is 4.64. The highest BCUT2D eigenvalue weighted by atomic mass is 16.5. The number of nitrogens with zero attached hydrogens (tertiary/aromatic N) is 2. The SMILES string of the molecule is CCOCC(=O)N1CCCC(c2ncc(Cc3cccc(OC)c3)o2)C1. The Morgan fingerprint density at radius 2 is 2.31 bits per heavy atom. The molecule has 0 bridgehead atoms. The Bertz CT molecular complexity index is 728. The maximum absolute atomic E-state index is 12.2. The maximum Gasteiger partial charge on any atom is 0.248 e. The third-order valence-electron chi connectivity index (χ3n) is 4.64. The van der Waals surface area contributed by atoms with Gasteiger partial charge in [-0.2, -0.15) is 0 Å². The summed E-state index contributed by atoms with van der Waals surface area (Å²) in [4.78, 5) is 18.5. The molecule has 6 nitrogen and oxygen atoms in total. The van der Waals surface area contributed by atoms with Crippen LogP contribution in [-0.2, 0) is 16.0 Å². The Kier molecular flexibility index (Phi) is 6.28. The van der Waals surface area contributed by atoms with Crippen molar-refractivity contribution >= 4 is 5.91 Å². The molecule has 0 N–H and O–H groups in total. The van der Waals surface area contributed by atoms with E-state index in [-0.39, 0.29) is 18.4 Å². The van der Waals surface area contributed by atoms with E-state index in [1.165, 1.54) is 0 Å². The van der Waals surface area contributed by atoms with Crippen molar-refractivity contribution in [1.82, 2.24) is 9.88 Å². The quantitative estimate of drug-likeness (QED) is 0.761. The van der Waals surface area contributed by atoms with Gasteiger partial charge in [0.05, 0.1) is 19.2 Å². The number of methoxy groups -OCH3 is 1. The summed E-state index contributed by atoms with van der Waals surface area (Å²) in [5.74, 6) is 2.56. The Morgan fingerprint density at radius 1 is 1.42 bits per heavy atom. The number of amides is 1. The average molecular weight is 358 g/mol. The van der Waals surface area contributed by atoms with E-state index in [0.29, 0.717) is 19.6 Å². The van der Waals surface area contributed by atoms with Gasteiger partial charge in [0, 0.05) is 26.1 Å². The van der Waals surface area contributed by atoms with Crippen molar-refractivity contribution in [1.29, 1.82) is 0 Å². The Balaban J connectivity index is 1.62. The van der Waals surface area contributed by atoms with E-state index < -0.39 is 0 Å². The molecular weight excluding hydrogens is 332 g/mol. The second-order valence-electron chi connectivity index (χ2n) is 6.51. The fraction of sp³-hybridized carbons (Fsp3) is 0.500. The molecule has 140 valence electrons. The highest BCUT2D eigenvalue weighted by molar-refractivity contribution is 5.77. The number of hydrogen-bond acceptors (Lipinski definition) is 5. The first-order valence-electron chi connectivity index (χ1n) is 9.12. The molecule has 1 saturated heterocycles. The van der Waals surface area contributed by atoms with Crippen molar-refractivity contribution in [2.75, 3.05) is 33.4 Å². The van der Waals surface area contributed by atoms with Crippen LogP contribution < -0.4 is 4.74 Å². The van der Waals surface area contributed by atoms with Crippen LogP contribution in [0.2, 0.25) is 0 Å². The first-order chi connectivity index (χ1) is 12.7. The normalized spacial score (nSPS) is 17.3. The Hall–Kier alpha value is -2.34. The van der Waals surface area contributed by atoms with Crippen LogP contribution in [0.25, 0.3) is 0 Å². The largest absolute Gasteiger partial charge is 0.497 e. The van der Waals surface area contributed by atoms with E-state index >= 15 is 0 Å². The molecular formula is C20H26N2O4. The second kappa shape index (κ2) is 8.85. The van der Waals surface area contributed by atoms with Gasteiger partial charge in [-0.25, -0.2) is 4.98 Å². The van der Waals surface area contributed by atoms with Crippen molar-refractivity contribution in [3.63, 3.8) is 0 Å². The van der Waals surface area contributed by atoms with Crippen molar-refractivity contribution in [3.05, 3.63) is 47.7 Å². The molecule has 1 amide bonds. The highest BCUT2D eigenvalue weighted by Crippen LogP contribution is 2.27. The molecule has 0 aliphatic carbocycles. The molecule has 0 saturated carbocycles. The Labute approximate surface area is 154 Å². The molecule has 2 aromatic rings. The number of oxazole rings is 1. The number of carbonyl (C=O) groups excluding carboxylic acids is 1. The molecule has 1 aromatic heterocycles. The van der Waals surface area contributed by atoms with Gasteiger partial charge in [0.15, 0.2) is 5.89 Å². The van der Waals surface area contributed by atoms with Crippen LogP contribution in [0.5, 0.6) is 5.75 Å². The molecule has 1 aliphatic rings. The lowest BCUT2D eigenvalue weighted by Crippen LogP contribution is -2.41. The van der Waals surface area contributed by atoms with Crippen LogP contribution in [0.15, 0.2) is 34.9 Å². The Morgan fingerprint density at radius 3 is 3.12 bits per heavy atom. The van der Waals surface area contributed by atoms with Crippen LogP contribution in [-0.4, -0.2) is 49.2 Å². The van der Waals surface area contributed by atoms with E-state index in [1.54, 1.807) is 13.3 Å². The van der Waals surface area contributed by atoms with E-state index in [4.69, 9.17) is 13.9 Å². The number of rotatable bonds is 7. The number of benzene rings is 1. The smallest absolute Gasteiger partial charge is 0.248 e. The zero-order valence-electron chi connectivity index (χ0n) is 15.4. The lowest BCUT2D eigenvalue weighted by atomic mass is 9.98. The van der Waals surface area contributed by atoms with Crippen LogP contribution in [0.4, 0.5) is 0 Å². The van der Waals surface area contributed by atoms with Crippen molar-refractivity contribution in [2.45, 2.75) is 32.1 Å². The number of hydrogen-bond donors (Lipinski definition) is 0. The second-order valence-corrected chi connectivity index (χ2v) is 6.51. The standard InChI is InChI=1S/C20H26N2O4/c1-3-25-14-19(23)22-9-5-7-16(13-22)20-21-12-18(26-20)11-15-6-4-8-17(10-15)24-2/h4,6,8,10,12,16H,3,5,7,9,11,13-14H2,1-2H3. The van der Waals surface area contributed by atoms with Crippen LogP contribution in [0, 0.1) is 0 Å². The molecule has 26 heavy (non-hydrogen) atoms. The predicted molar refractivity (Wildman–Crippen MR) is 97.4 cm³/mol. The zero-order valence-corrected chi connectivity index (χ0v) is 15.4. The van der Waals surface area contributed by atoms with E-state index in [1.807, 2.05) is 36.1 Å². The molecule has 1 aliphatic heterocycles. The van der Waals surface area contributed by atoms with Gasteiger partial charge in [-0.3, -0.25) is 4.79 Å². The molecule has 6 heteroatoms. The van der Waals surface area contributed by atoms with Crippen LogP contribution >= 0.6 is 0 Å². The summed E-state index contributed by atoms with van der Waals surface area (Å²) in [6.45, 7) is 4.01. The summed E-state index contributed by atoms with van der Waals surface area (Å²) in [5, 5.41) is 0. The van der Waals surface area contributed by atoms with Gasteiger partial charge < -0.3 is 18.8 Å². The average Bonchev–Trinajstić information content (AvgIpc) is 3.15. The lowest BCUT2D eigenvalue weighted by molar-refractivity contribution is -0.137. The number of piperidine rings is 1. The minimum atomic E-state index is 0.0414. The van der Waals surface area contributed by atoms with Crippen molar-refractivity contribution < 1.29 is 18.7 Å². The first-order valence-corrected chi connectivity index (χ1v) is 9.12. The monoisotopic (exact) mass is 358 g/mol. The first kappa shape index (κ1) is 18.5. The number of ether oxygens (including phenoxy) is 2. The summed E-state index contributed by atoms with van der Waals surface area (Å²) in [6.07, 6.45) is 4.40. The summed E-state index contributed by atoms with van der Waals surface area (Å²) in [5.41, 5.74) is 1.12. The van der Waals surface area contributed by atoms with Gasteiger partial charge in [0.2, 0.25) is 5.91 Å². The van der Waals surface area contributed by atoms with Gasteiger partial charge in [0.25, 0.3) is 0 Å². The topological polar surface area (TPSA) is 64.8 Å². The van der Waals surface area contributed by atoms with Crippen LogP contribution in [0.1, 0.15) is 42.9 Å². The summed E-state index contributed by atoms with van der Waals surface area (Å²) < 4.78 is 16.5. The summed E-state index contributed by atoms with van der Waals surface area (Å²) in [6, 6.07) is 7.93. The van der Waals surface area contributed by atoms with Crippen molar-refractivity contribution in [3.8, 4) is 5.75 Å². The van der Waals surface area contributed by atoms with Gasteiger partial charge in [-0.05, 0) is 37.5 Å². The zero-order chi connectivity index (χ0) is 18.4. The fourth-order valence-corrected chi connectivity index (χ4v) is 3.26. The molecule has 1 unspecified atom stereocenters. The molecule has 1 aromatic carbocycles. The number of aromatic nitrogens is 1. The van der Waals surface area contributed by atoms with E-state index in [9.17, 15) is 4.79 Å². The third kappa shape index (κ3) is 4.64. The summed E-state index contributed by atoms with van der Waals surface area (Å²) >= 11 is 0. The van der Waals surface area contributed by atoms with Gasteiger partial charge in [-0.1, -0.05) is 12.1 Å². The minimum Gasteiger partial charge on any atom is -0.497 e. The number of likely N-dealkylation sites (tertiary alicyclic amines) is 1. The van der Waals surface area contributed by atoms with Gasteiger partial charge in [0.1, 0.15) is 18.1 Å². The van der Waals surface area contributed by atoms with E-state index in [0.717, 1.165) is 42.4 Å². The molecule has 1 atom stereocenters. The highest BCUT2D eigenvalue weighted by Gasteiger charge is 2.27. The van der Waals surface area contributed by atoms with Gasteiger partial charge >= 0.3 is 0 Å². The molecule has 0 radical (unpaired) electrons. The molecule has 3 rings (SSSR count). The van der Waals surface area contributed by atoms with Crippen molar-refractivity contribution in [2.24, 2.45) is 0 Å². The maximum atomic E-state index is 12.2. The fourth-order valence-electron chi connectivity index (χ4n) is 3.26. The predicted octanol–water partition coefficient (Wildman–Crippen LogP) is 3.02. The van der Waals surface area contributed by atoms with Gasteiger partial charge in [-0.15, -0.1) is 0 Å². The summed E-state index contributed by atoms with van der Waals surface area (Å²) in [7, 11) is 1.66. The molecule has 2 heterocycles. The minimum absolute atomic E-state index is 0.0414.